The molecule has 1 amide bonds. The van der Waals surface area contributed by atoms with Gasteiger partial charge < -0.3 is 16.2 Å². The molecule has 4 nitrogen and oxygen atoms in total. The normalized spacial score (nSPS) is 11.7. The van der Waals surface area contributed by atoms with Gasteiger partial charge in [0.2, 0.25) is 5.91 Å². The van der Waals surface area contributed by atoms with Gasteiger partial charge in [0, 0.05) is 27.9 Å². The zero-order valence-corrected chi connectivity index (χ0v) is 16.3. The minimum atomic E-state index is -2.88. The lowest BCUT2D eigenvalue weighted by Gasteiger charge is -2.17. The first-order valence-corrected chi connectivity index (χ1v) is 9.86. The molecule has 0 spiro atoms. The van der Waals surface area contributed by atoms with Crippen molar-refractivity contribution in [3.8, 4) is 5.75 Å². The Morgan fingerprint density at radius 1 is 1.18 bits per heavy atom. The van der Waals surface area contributed by atoms with Crippen LogP contribution in [0.2, 0.25) is 0 Å². The van der Waals surface area contributed by atoms with Crippen LogP contribution in [-0.4, -0.2) is 5.91 Å². The number of alkyl halides is 2. The quantitative estimate of drug-likeness (QED) is 0.520. The summed E-state index contributed by atoms with van der Waals surface area (Å²) in [7, 11) is 0. The number of hydrogen-bond acceptors (Lipinski definition) is 4. The zero-order valence-electron chi connectivity index (χ0n) is 15.5. The Morgan fingerprint density at radius 3 is 2.64 bits per heavy atom. The van der Waals surface area contributed by atoms with Gasteiger partial charge in [0.05, 0.1) is 6.42 Å². The second-order valence-electron chi connectivity index (χ2n) is 6.72. The topological polar surface area (TPSA) is 78.3 Å². The maximum absolute atomic E-state index is 14.0. The van der Waals surface area contributed by atoms with E-state index in [4.69, 9.17) is 16.2 Å². The van der Waals surface area contributed by atoms with Crippen molar-refractivity contribution >= 4 is 33.0 Å². The van der Waals surface area contributed by atoms with Crippen molar-refractivity contribution in [3.05, 3.63) is 58.5 Å². The van der Waals surface area contributed by atoms with Crippen molar-refractivity contribution in [1.82, 2.24) is 0 Å². The summed E-state index contributed by atoms with van der Waals surface area (Å²) in [6, 6.07) is 9.89. The Labute approximate surface area is 166 Å². The number of thiophene rings is 1. The van der Waals surface area contributed by atoms with Crippen LogP contribution >= 0.6 is 11.3 Å². The molecule has 148 valence electrons. The van der Waals surface area contributed by atoms with Crippen molar-refractivity contribution in [3.63, 3.8) is 0 Å². The summed E-state index contributed by atoms with van der Waals surface area (Å²) < 4.78 is 34.8. The molecule has 0 fully saturated rings. The van der Waals surface area contributed by atoms with Gasteiger partial charge in [0.25, 0.3) is 5.92 Å². The fourth-order valence-corrected chi connectivity index (χ4v) is 4.04. The summed E-state index contributed by atoms with van der Waals surface area (Å²) in [5.41, 5.74) is 13.0. The third kappa shape index (κ3) is 4.42. The number of fused-ring (bicyclic) bond motifs is 1. The Morgan fingerprint density at radius 2 is 1.96 bits per heavy atom. The van der Waals surface area contributed by atoms with E-state index in [9.17, 15) is 13.6 Å². The average Bonchev–Trinajstić information content (AvgIpc) is 3.02. The summed E-state index contributed by atoms with van der Waals surface area (Å²) in [4.78, 5) is 11.1. The molecule has 0 atom stereocenters. The van der Waals surface area contributed by atoms with Crippen molar-refractivity contribution in [2.75, 3.05) is 5.73 Å². The van der Waals surface area contributed by atoms with E-state index in [1.165, 1.54) is 23.5 Å². The molecule has 0 radical (unpaired) electrons. The van der Waals surface area contributed by atoms with E-state index >= 15 is 0 Å². The molecule has 4 N–H and O–H groups in total. The molecule has 1 heterocycles. The summed E-state index contributed by atoms with van der Waals surface area (Å²) in [5.74, 6) is -2.61. The molecule has 28 heavy (non-hydrogen) atoms. The Bertz CT molecular complexity index is 1000. The maximum atomic E-state index is 14.0. The van der Waals surface area contributed by atoms with Gasteiger partial charge >= 0.3 is 0 Å². The highest BCUT2D eigenvalue weighted by Crippen LogP contribution is 2.35. The van der Waals surface area contributed by atoms with Gasteiger partial charge in [0.1, 0.15) is 12.4 Å². The van der Waals surface area contributed by atoms with Gasteiger partial charge in [-0.15, -0.1) is 11.3 Å². The molecule has 0 aliphatic carbocycles. The molecule has 2 aromatic carbocycles. The molecule has 0 aliphatic heterocycles. The summed E-state index contributed by atoms with van der Waals surface area (Å²) >= 11 is 1.51. The van der Waals surface area contributed by atoms with Crippen LogP contribution in [0.3, 0.4) is 0 Å². The minimum absolute atomic E-state index is 0.0717. The predicted molar refractivity (Wildman–Crippen MR) is 109 cm³/mol. The number of anilines is 1. The van der Waals surface area contributed by atoms with Crippen LogP contribution in [0.15, 0.2) is 41.8 Å². The van der Waals surface area contributed by atoms with Gasteiger partial charge in [-0.2, -0.15) is 0 Å². The van der Waals surface area contributed by atoms with Crippen molar-refractivity contribution < 1.29 is 18.3 Å². The van der Waals surface area contributed by atoms with Crippen LogP contribution in [0.4, 0.5) is 14.5 Å². The Hall–Kier alpha value is -2.67. The fourth-order valence-electron chi connectivity index (χ4n) is 3.05. The highest BCUT2D eigenvalue weighted by molar-refractivity contribution is 7.17. The molecule has 0 aliphatic rings. The second kappa shape index (κ2) is 8.14. The van der Waals surface area contributed by atoms with E-state index in [1.807, 2.05) is 17.5 Å². The molecule has 3 rings (SSSR count). The number of rotatable bonds is 8. The molecule has 0 saturated heterocycles. The Balaban J connectivity index is 1.72. The monoisotopic (exact) mass is 404 g/mol. The van der Waals surface area contributed by atoms with Crippen LogP contribution in [0.25, 0.3) is 10.1 Å². The highest BCUT2D eigenvalue weighted by Gasteiger charge is 2.30. The number of carbonyl (C=O) groups excluding carboxylic acids is 1. The number of amides is 1. The maximum Gasteiger partial charge on any atom is 0.273 e. The SMILES string of the molecule is CCCC(F)(F)c1ccc(COc2ccc3c(CC(N)=O)csc3c2)c(N)c1. The van der Waals surface area contributed by atoms with Crippen molar-refractivity contribution in [1.29, 1.82) is 0 Å². The lowest BCUT2D eigenvalue weighted by Crippen LogP contribution is -2.14. The lowest BCUT2D eigenvalue weighted by molar-refractivity contribution is -0.117. The van der Waals surface area contributed by atoms with E-state index < -0.39 is 5.92 Å². The van der Waals surface area contributed by atoms with E-state index in [0.717, 1.165) is 15.6 Å². The smallest absolute Gasteiger partial charge is 0.273 e. The van der Waals surface area contributed by atoms with Gasteiger partial charge in [-0.25, -0.2) is 8.78 Å². The third-order valence-electron chi connectivity index (χ3n) is 4.52. The van der Waals surface area contributed by atoms with Gasteiger partial charge in [-0.1, -0.05) is 25.5 Å². The van der Waals surface area contributed by atoms with Crippen molar-refractivity contribution in [2.45, 2.75) is 38.7 Å². The van der Waals surface area contributed by atoms with E-state index in [0.29, 0.717) is 17.7 Å². The summed E-state index contributed by atoms with van der Waals surface area (Å²) in [6.45, 7) is 1.90. The summed E-state index contributed by atoms with van der Waals surface area (Å²) in [5, 5.41) is 2.88. The number of nitrogen functional groups attached to an aromatic ring is 1. The van der Waals surface area contributed by atoms with E-state index in [1.54, 1.807) is 19.1 Å². The second-order valence-corrected chi connectivity index (χ2v) is 7.63. The number of nitrogens with two attached hydrogens (primary N) is 2. The van der Waals surface area contributed by atoms with Gasteiger partial charge in [-0.3, -0.25) is 4.79 Å². The molecule has 0 unspecified atom stereocenters. The van der Waals surface area contributed by atoms with E-state index in [2.05, 4.69) is 0 Å². The van der Waals surface area contributed by atoms with Crippen LogP contribution in [0.5, 0.6) is 5.75 Å². The van der Waals surface area contributed by atoms with E-state index in [-0.39, 0.29) is 36.6 Å². The van der Waals surface area contributed by atoms with Crippen LogP contribution < -0.4 is 16.2 Å². The number of benzene rings is 2. The fraction of sp³-hybridized carbons (Fsp3) is 0.286. The highest BCUT2D eigenvalue weighted by atomic mass is 32.1. The number of halogens is 2. The predicted octanol–water partition coefficient (Wildman–Crippen LogP) is 4.98. The molecule has 0 saturated carbocycles. The van der Waals surface area contributed by atoms with Crippen molar-refractivity contribution in [2.24, 2.45) is 5.73 Å². The Kier molecular flexibility index (Phi) is 5.84. The van der Waals surface area contributed by atoms with Crippen LogP contribution in [0.1, 0.15) is 36.5 Å². The number of primary amides is 1. The third-order valence-corrected chi connectivity index (χ3v) is 5.51. The number of carbonyl (C=O) groups is 1. The minimum Gasteiger partial charge on any atom is -0.489 e. The van der Waals surface area contributed by atoms with Crippen LogP contribution in [0, 0.1) is 0 Å². The van der Waals surface area contributed by atoms with Crippen LogP contribution in [-0.2, 0) is 23.7 Å². The lowest BCUT2D eigenvalue weighted by atomic mass is 10.0. The first kappa shape index (κ1) is 20.1. The standard InChI is InChI=1S/C21H22F2N2O2S/c1-2-7-21(22,23)15-4-3-13(18(24)9-15)11-27-16-5-6-17-14(8-20(25)26)12-28-19(17)10-16/h3-6,9-10,12H,2,7-8,11,24H2,1H3,(H2,25,26). The molecule has 1 aromatic heterocycles. The first-order valence-electron chi connectivity index (χ1n) is 8.98. The molecule has 0 bridgehead atoms. The molecular weight excluding hydrogens is 382 g/mol. The molecule has 3 aromatic rings. The summed E-state index contributed by atoms with van der Waals surface area (Å²) in [6.07, 6.45) is 0.386. The van der Waals surface area contributed by atoms with Gasteiger partial charge in [-0.05, 0) is 40.6 Å². The van der Waals surface area contributed by atoms with Gasteiger partial charge in [0.15, 0.2) is 0 Å². The zero-order chi connectivity index (χ0) is 20.3. The molecular formula is C21H22F2N2O2S. The number of hydrogen-bond donors (Lipinski definition) is 2. The average molecular weight is 404 g/mol. The molecule has 7 heteroatoms. The largest absolute Gasteiger partial charge is 0.489 e. The number of ether oxygens (including phenoxy) is 1. The first-order chi connectivity index (χ1) is 13.3.